The molecule has 0 bridgehead atoms. The molecule has 0 unspecified atom stereocenters. The Labute approximate surface area is 120 Å². The van der Waals surface area contributed by atoms with Crippen LogP contribution in [-0.2, 0) is 6.54 Å². The third kappa shape index (κ3) is 2.52. The van der Waals surface area contributed by atoms with E-state index in [1.807, 2.05) is 6.08 Å². The molecule has 6 nitrogen and oxygen atoms in total. The molecule has 3 rings (SSSR count). The predicted molar refractivity (Wildman–Crippen MR) is 79.3 cm³/mol. The van der Waals surface area contributed by atoms with Gasteiger partial charge in [-0.2, -0.15) is 0 Å². The Morgan fingerprint density at radius 2 is 2.10 bits per heavy atom. The maximum atomic E-state index is 12.4. The van der Waals surface area contributed by atoms with Gasteiger partial charge >= 0.3 is 0 Å². The van der Waals surface area contributed by atoms with Crippen molar-refractivity contribution in [1.82, 2.24) is 9.55 Å². The lowest BCUT2D eigenvalue weighted by molar-refractivity contribution is -0.385. The van der Waals surface area contributed by atoms with Crippen molar-refractivity contribution in [1.29, 1.82) is 0 Å². The van der Waals surface area contributed by atoms with Crippen LogP contribution in [0.15, 0.2) is 29.1 Å². The summed E-state index contributed by atoms with van der Waals surface area (Å²) in [5.41, 5.74) is 1.09. The van der Waals surface area contributed by atoms with E-state index in [2.05, 4.69) is 4.98 Å². The summed E-state index contributed by atoms with van der Waals surface area (Å²) in [7, 11) is 0. The molecule has 0 radical (unpaired) electrons. The number of benzene rings is 1. The highest BCUT2D eigenvalue weighted by atomic mass is 16.6. The van der Waals surface area contributed by atoms with Crippen LogP contribution >= 0.6 is 0 Å². The van der Waals surface area contributed by atoms with Crippen LogP contribution in [0.1, 0.15) is 24.8 Å². The zero-order chi connectivity index (χ0) is 14.8. The molecule has 21 heavy (non-hydrogen) atoms. The first kappa shape index (κ1) is 13.4. The second kappa shape index (κ2) is 5.40. The fourth-order valence-electron chi connectivity index (χ4n) is 2.58. The van der Waals surface area contributed by atoms with E-state index < -0.39 is 4.92 Å². The fraction of sp³-hybridized carbons (Fsp3) is 0.267. The second-order valence-electron chi connectivity index (χ2n) is 5.04. The maximum Gasteiger partial charge on any atom is 0.276 e. The van der Waals surface area contributed by atoms with Crippen LogP contribution < -0.4 is 16.4 Å². The van der Waals surface area contributed by atoms with E-state index in [4.69, 9.17) is 0 Å². The van der Waals surface area contributed by atoms with Crippen molar-refractivity contribution in [3.8, 4) is 0 Å². The van der Waals surface area contributed by atoms with E-state index in [1.54, 1.807) is 28.8 Å². The van der Waals surface area contributed by atoms with Crippen molar-refractivity contribution in [3.63, 3.8) is 0 Å². The molecule has 1 aliphatic heterocycles. The monoisotopic (exact) mass is 285 g/mol. The molecule has 2 aromatic rings. The van der Waals surface area contributed by atoms with Gasteiger partial charge in [-0.3, -0.25) is 19.5 Å². The molecule has 1 aromatic heterocycles. The zero-order valence-corrected chi connectivity index (χ0v) is 11.4. The molecule has 0 atom stereocenters. The van der Waals surface area contributed by atoms with Gasteiger partial charge in [0.2, 0.25) is 0 Å². The van der Waals surface area contributed by atoms with Crippen molar-refractivity contribution >= 4 is 17.8 Å². The number of nitro groups is 1. The van der Waals surface area contributed by atoms with Gasteiger partial charge in [0.1, 0.15) is 10.8 Å². The SMILES string of the molecule is O=c1c(=Cc2ccccc2[N+](=O)[O-])[nH]c2n1CCCCC=2. The minimum Gasteiger partial charge on any atom is -0.337 e. The number of imidazole rings is 1. The number of aromatic nitrogens is 2. The molecule has 1 aliphatic rings. The Morgan fingerprint density at radius 1 is 1.29 bits per heavy atom. The molecule has 1 N–H and O–H groups in total. The fourth-order valence-corrected chi connectivity index (χ4v) is 2.58. The number of hydrogen-bond acceptors (Lipinski definition) is 3. The molecule has 6 heteroatoms. The van der Waals surface area contributed by atoms with Crippen LogP contribution in [0, 0.1) is 10.1 Å². The number of fused-ring (bicyclic) bond motifs is 1. The largest absolute Gasteiger partial charge is 0.337 e. The summed E-state index contributed by atoms with van der Waals surface area (Å²) >= 11 is 0. The van der Waals surface area contributed by atoms with Crippen LogP contribution in [0.4, 0.5) is 5.69 Å². The molecule has 108 valence electrons. The number of para-hydroxylation sites is 1. The van der Waals surface area contributed by atoms with Gasteiger partial charge in [-0.15, -0.1) is 0 Å². The molecule has 0 spiro atoms. The van der Waals surface area contributed by atoms with Gasteiger partial charge in [0.25, 0.3) is 11.2 Å². The number of hydrogen-bond donors (Lipinski definition) is 1. The molecule has 0 saturated heterocycles. The Balaban J connectivity index is 2.20. The van der Waals surface area contributed by atoms with E-state index in [0.29, 0.717) is 17.5 Å². The third-order valence-corrected chi connectivity index (χ3v) is 3.64. The van der Waals surface area contributed by atoms with Crippen molar-refractivity contribution in [2.75, 3.05) is 0 Å². The number of rotatable bonds is 2. The molecule has 0 amide bonds. The average molecular weight is 285 g/mol. The summed E-state index contributed by atoms with van der Waals surface area (Å²) in [6.07, 6.45) is 6.52. The van der Waals surface area contributed by atoms with Crippen LogP contribution in [0.3, 0.4) is 0 Å². The topological polar surface area (TPSA) is 80.9 Å². The smallest absolute Gasteiger partial charge is 0.276 e. The molecule has 0 saturated carbocycles. The molecular formula is C15H15N3O3. The van der Waals surface area contributed by atoms with E-state index in [-0.39, 0.29) is 11.2 Å². The predicted octanol–water partition coefficient (Wildman–Crippen LogP) is 0.878. The summed E-state index contributed by atoms with van der Waals surface area (Å²) < 4.78 is 1.70. The van der Waals surface area contributed by atoms with E-state index in [0.717, 1.165) is 24.7 Å². The Morgan fingerprint density at radius 3 is 2.90 bits per heavy atom. The standard InChI is InChI=1S/C15H15N3O3/c19-15-12(16-14-8-2-1-5-9-17(14)15)10-11-6-3-4-7-13(11)18(20)21/h3-4,6-8,10,16H,1-2,5,9H2. The average Bonchev–Trinajstić information content (AvgIpc) is 2.66. The lowest BCUT2D eigenvalue weighted by atomic mass is 10.1. The van der Waals surface area contributed by atoms with Crippen LogP contribution in [0.5, 0.6) is 0 Å². The van der Waals surface area contributed by atoms with Gasteiger partial charge in [-0.1, -0.05) is 12.1 Å². The van der Waals surface area contributed by atoms with E-state index in [1.165, 1.54) is 6.07 Å². The van der Waals surface area contributed by atoms with Crippen molar-refractivity contribution < 1.29 is 4.92 Å². The highest BCUT2D eigenvalue weighted by Crippen LogP contribution is 2.17. The van der Waals surface area contributed by atoms with Gasteiger partial charge in [0.15, 0.2) is 0 Å². The Kier molecular flexibility index (Phi) is 3.43. The minimum absolute atomic E-state index is 0.00401. The van der Waals surface area contributed by atoms with Crippen LogP contribution in [0.2, 0.25) is 0 Å². The highest BCUT2D eigenvalue weighted by Gasteiger charge is 2.11. The lowest BCUT2D eigenvalue weighted by Gasteiger charge is -1.96. The number of nitrogens with one attached hydrogen (secondary N) is 1. The zero-order valence-electron chi connectivity index (χ0n) is 11.4. The summed E-state index contributed by atoms with van der Waals surface area (Å²) in [6, 6.07) is 6.40. The summed E-state index contributed by atoms with van der Waals surface area (Å²) in [6.45, 7) is 0.686. The van der Waals surface area contributed by atoms with Crippen molar-refractivity contribution in [2.45, 2.75) is 25.8 Å². The van der Waals surface area contributed by atoms with Crippen LogP contribution in [0.25, 0.3) is 12.2 Å². The molecular weight excluding hydrogens is 270 g/mol. The summed E-state index contributed by atoms with van der Waals surface area (Å²) in [4.78, 5) is 26.0. The van der Waals surface area contributed by atoms with Crippen molar-refractivity contribution in [2.24, 2.45) is 0 Å². The number of nitro benzene ring substituents is 1. The quantitative estimate of drug-likeness (QED) is 0.657. The molecule has 2 heterocycles. The maximum absolute atomic E-state index is 12.4. The molecule has 0 aliphatic carbocycles. The second-order valence-corrected chi connectivity index (χ2v) is 5.04. The van der Waals surface area contributed by atoms with Gasteiger partial charge in [0, 0.05) is 12.6 Å². The summed E-state index contributed by atoms with van der Waals surface area (Å²) in [5.74, 6) is 0. The van der Waals surface area contributed by atoms with Gasteiger partial charge in [-0.05, 0) is 37.5 Å². The van der Waals surface area contributed by atoms with Gasteiger partial charge in [-0.25, -0.2) is 0 Å². The van der Waals surface area contributed by atoms with Crippen LogP contribution in [-0.4, -0.2) is 14.5 Å². The normalized spacial score (nSPS) is 15.1. The minimum atomic E-state index is -0.441. The Hall–Kier alpha value is -2.63. The number of aromatic amines is 1. The first-order valence-electron chi connectivity index (χ1n) is 6.91. The third-order valence-electron chi connectivity index (χ3n) is 3.64. The number of nitrogens with zero attached hydrogens (tertiary/aromatic N) is 2. The first-order valence-corrected chi connectivity index (χ1v) is 6.91. The summed E-state index contributed by atoms with van der Waals surface area (Å²) in [5, 5.41) is 11.4. The number of H-pyrrole nitrogens is 1. The lowest BCUT2D eigenvalue weighted by Crippen LogP contribution is -2.31. The van der Waals surface area contributed by atoms with E-state index in [9.17, 15) is 14.9 Å². The van der Waals surface area contributed by atoms with Crippen molar-refractivity contribution in [3.05, 3.63) is 61.1 Å². The molecule has 0 fully saturated rings. The van der Waals surface area contributed by atoms with Gasteiger partial charge in [0.05, 0.1) is 10.5 Å². The molecule has 1 aromatic carbocycles. The van der Waals surface area contributed by atoms with Gasteiger partial charge < -0.3 is 4.98 Å². The highest BCUT2D eigenvalue weighted by molar-refractivity contribution is 5.59. The first-order chi connectivity index (χ1) is 10.2. The Bertz CT molecular complexity index is 861. The van der Waals surface area contributed by atoms with E-state index >= 15 is 0 Å².